The van der Waals surface area contributed by atoms with Gasteiger partial charge in [0.15, 0.2) is 0 Å². The minimum atomic E-state index is -0.0802. The highest BCUT2D eigenvalue weighted by atomic mass is 32.1. The van der Waals surface area contributed by atoms with Gasteiger partial charge in [-0.05, 0) is 49.2 Å². The molecule has 0 aliphatic heterocycles. The third-order valence-electron chi connectivity index (χ3n) is 4.88. The van der Waals surface area contributed by atoms with Crippen molar-refractivity contribution in [2.24, 2.45) is 0 Å². The molecule has 1 amide bonds. The summed E-state index contributed by atoms with van der Waals surface area (Å²) in [5, 5.41) is 3.94. The molecule has 6 heteroatoms. The third kappa shape index (κ3) is 3.12. The van der Waals surface area contributed by atoms with E-state index in [0.29, 0.717) is 10.6 Å². The molecule has 0 saturated heterocycles. The monoisotopic (exact) mass is 367 g/mol. The topological polar surface area (TPSA) is 77.2 Å². The van der Waals surface area contributed by atoms with Gasteiger partial charge in [0.25, 0.3) is 5.91 Å². The molecule has 26 heavy (non-hydrogen) atoms. The molecule has 0 atom stereocenters. The van der Waals surface area contributed by atoms with Gasteiger partial charge in [0.05, 0.1) is 18.5 Å². The third-order valence-corrected chi connectivity index (χ3v) is 5.99. The molecule has 4 rings (SSSR count). The minimum Gasteiger partial charge on any atom is -0.497 e. The van der Waals surface area contributed by atoms with E-state index in [4.69, 9.17) is 15.5 Å². The molecule has 134 valence electrons. The maximum Gasteiger partial charge on any atom is 0.263 e. The lowest BCUT2D eigenvalue weighted by atomic mass is 10.1. The second-order valence-corrected chi connectivity index (χ2v) is 7.58. The zero-order chi connectivity index (χ0) is 18.1. The highest BCUT2D eigenvalue weighted by molar-refractivity contribution is 7.21. The van der Waals surface area contributed by atoms with Crippen LogP contribution in [0.2, 0.25) is 0 Å². The number of carbonyl (C=O) groups is 1. The highest BCUT2D eigenvalue weighted by Crippen LogP contribution is 2.34. The number of hydrogen-bond acceptors (Lipinski definition) is 5. The van der Waals surface area contributed by atoms with Crippen molar-refractivity contribution in [3.63, 3.8) is 0 Å². The zero-order valence-electron chi connectivity index (χ0n) is 14.6. The van der Waals surface area contributed by atoms with Crippen molar-refractivity contribution in [1.82, 2.24) is 10.3 Å². The number of benzene rings is 1. The maximum absolute atomic E-state index is 12.6. The van der Waals surface area contributed by atoms with Crippen molar-refractivity contribution in [2.45, 2.75) is 31.7 Å². The van der Waals surface area contributed by atoms with E-state index in [1.807, 2.05) is 36.4 Å². The van der Waals surface area contributed by atoms with Crippen molar-refractivity contribution >= 4 is 33.1 Å². The first kappa shape index (κ1) is 16.8. The molecule has 0 unspecified atom stereocenters. The Bertz CT molecular complexity index is 944. The zero-order valence-corrected chi connectivity index (χ0v) is 15.4. The Hall–Kier alpha value is -2.60. The summed E-state index contributed by atoms with van der Waals surface area (Å²) in [6.45, 7) is 0. The van der Waals surface area contributed by atoms with Crippen LogP contribution in [0.4, 0.5) is 5.69 Å². The number of pyridine rings is 1. The molecule has 1 fully saturated rings. The van der Waals surface area contributed by atoms with Gasteiger partial charge < -0.3 is 15.8 Å². The van der Waals surface area contributed by atoms with Crippen LogP contribution in [0.1, 0.15) is 35.4 Å². The average Bonchev–Trinajstić information content (AvgIpc) is 3.29. The highest BCUT2D eigenvalue weighted by Gasteiger charge is 2.22. The number of rotatable bonds is 4. The van der Waals surface area contributed by atoms with Gasteiger partial charge in [0.2, 0.25) is 0 Å². The number of methoxy groups -OCH3 is 1. The summed E-state index contributed by atoms with van der Waals surface area (Å²) in [5.41, 5.74) is 8.60. The van der Waals surface area contributed by atoms with E-state index in [1.54, 1.807) is 7.11 Å². The molecule has 2 heterocycles. The quantitative estimate of drug-likeness (QED) is 0.723. The van der Waals surface area contributed by atoms with Crippen LogP contribution in [-0.4, -0.2) is 24.0 Å². The Morgan fingerprint density at radius 2 is 1.92 bits per heavy atom. The number of nitrogens with two attached hydrogens (primary N) is 1. The van der Waals surface area contributed by atoms with Gasteiger partial charge in [-0.2, -0.15) is 0 Å². The number of anilines is 1. The van der Waals surface area contributed by atoms with Crippen LogP contribution in [-0.2, 0) is 0 Å². The molecule has 0 radical (unpaired) electrons. The SMILES string of the molecule is COc1ccc(-c2ccc3c(N)c(C(=O)NC4CCCC4)sc3n2)cc1. The minimum absolute atomic E-state index is 0.0802. The first-order chi connectivity index (χ1) is 12.7. The molecule has 0 spiro atoms. The van der Waals surface area contributed by atoms with Gasteiger partial charge in [-0.25, -0.2) is 4.98 Å². The van der Waals surface area contributed by atoms with E-state index in [-0.39, 0.29) is 11.9 Å². The van der Waals surface area contributed by atoms with Crippen LogP contribution in [0.5, 0.6) is 5.75 Å². The summed E-state index contributed by atoms with van der Waals surface area (Å²) >= 11 is 1.36. The van der Waals surface area contributed by atoms with Crippen LogP contribution in [0.25, 0.3) is 21.5 Å². The summed E-state index contributed by atoms with van der Waals surface area (Å²) in [5.74, 6) is 0.726. The summed E-state index contributed by atoms with van der Waals surface area (Å²) in [6, 6.07) is 11.9. The number of nitrogens with one attached hydrogen (secondary N) is 1. The summed E-state index contributed by atoms with van der Waals surface area (Å²) in [7, 11) is 1.64. The van der Waals surface area contributed by atoms with E-state index >= 15 is 0 Å². The molecular formula is C20H21N3O2S. The summed E-state index contributed by atoms with van der Waals surface area (Å²) in [6.07, 6.45) is 4.46. The number of hydrogen-bond donors (Lipinski definition) is 2. The van der Waals surface area contributed by atoms with Crippen molar-refractivity contribution < 1.29 is 9.53 Å². The molecule has 1 aromatic carbocycles. The Morgan fingerprint density at radius 1 is 1.19 bits per heavy atom. The normalized spacial score (nSPS) is 14.7. The predicted molar refractivity (Wildman–Crippen MR) is 106 cm³/mol. The van der Waals surface area contributed by atoms with E-state index < -0.39 is 0 Å². The lowest BCUT2D eigenvalue weighted by Gasteiger charge is -2.10. The van der Waals surface area contributed by atoms with E-state index in [0.717, 1.165) is 40.1 Å². The first-order valence-corrected chi connectivity index (χ1v) is 9.61. The first-order valence-electron chi connectivity index (χ1n) is 8.80. The fraction of sp³-hybridized carbons (Fsp3) is 0.300. The number of aromatic nitrogens is 1. The second kappa shape index (κ2) is 6.96. The Labute approximate surface area is 156 Å². The molecular weight excluding hydrogens is 346 g/mol. The van der Waals surface area contributed by atoms with Crippen LogP contribution in [0, 0.1) is 0 Å². The molecule has 3 aromatic rings. The maximum atomic E-state index is 12.6. The average molecular weight is 367 g/mol. The smallest absolute Gasteiger partial charge is 0.263 e. The van der Waals surface area contributed by atoms with Crippen LogP contribution in [0.3, 0.4) is 0 Å². The largest absolute Gasteiger partial charge is 0.497 e. The van der Waals surface area contributed by atoms with Crippen LogP contribution in [0.15, 0.2) is 36.4 Å². The van der Waals surface area contributed by atoms with Crippen LogP contribution >= 0.6 is 11.3 Å². The number of thiophene rings is 1. The second-order valence-electron chi connectivity index (χ2n) is 6.58. The van der Waals surface area contributed by atoms with Gasteiger partial charge in [0, 0.05) is 17.0 Å². The summed E-state index contributed by atoms with van der Waals surface area (Å²) < 4.78 is 5.20. The van der Waals surface area contributed by atoms with E-state index in [1.165, 1.54) is 24.2 Å². The van der Waals surface area contributed by atoms with Gasteiger partial charge >= 0.3 is 0 Å². The lowest BCUT2D eigenvalue weighted by Crippen LogP contribution is -2.32. The lowest BCUT2D eigenvalue weighted by molar-refractivity contribution is 0.0943. The number of carbonyl (C=O) groups excluding carboxylic acids is 1. The number of amides is 1. The molecule has 3 N–H and O–H groups in total. The molecule has 1 aliphatic carbocycles. The van der Waals surface area contributed by atoms with Crippen molar-refractivity contribution in [2.75, 3.05) is 12.8 Å². The van der Waals surface area contributed by atoms with Gasteiger partial charge in [-0.1, -0.05) is 12.8 Å². The fourth-order valence-electron chi connectivity index (χ4n) is 3.41. The Kier molecular flexibility index (Phi) is 4.51. The van der Waals surface area contributed by atoms with E-state index in [2.05, 4.69) is 5.32 Å². The Morgan fingerprint density at radius 3 is 2.62 bits per heavy atom. The number of fused-ring (bicyclic) bond motifs is 1. The van der Waals surface area contributed by atoms with Crippen molar-refractivity contribution in [1.29, 1.82) is 0 Å². The van der Waals surface area contributed by atoms with Crippen molar-refractivity contribution in [3.05, 3.63) is 41.3 Å². The van der Waals surface area contributed by atoms with Crippen molar-refractivity contribution in [3.8, 4) is 17.0 Å². The molecule has 0 bridgehead atoms. The van der Waals surface area contributed by atoms with Crippen LogP contribution < -0.4 is 15.8 Å². The molecule has 1 aliphatic rings. The van der Waals surface area contributed by atoms with Gasteiger partial charge in [0.1, 0.15) is 15.5 Å². The number of nitrogens with zero attached hydrogens (tertiary/aromatic N) is 1. The molecule has 2 aromatic heterocycles. The van der Waals surface area contributed by atoms with Gasteiger partial charge in [-0.3, -0.25) is 4.79 Å². The van der Waals surface area contributed by atoms with E-state index in [9.17, 15) is 4.79 Å². The number of ether oxygens (including phenoxy) is 1. The molecule has 1 saturated carbocycles. The predicted octanol–water partition coefficient (Wildman–Crippen LogP) is 4.23. The number of nitrogen functional groups attached to an aromatic ring is 1. The Balaban J connectivity index is 1.64. The summed E-state index contributed by atoms with van der Waals surface area (Å²) in [4.78, 5) is 18.7. The standard InChI is InChI=1S/C20H21N3O2S/c1-25-14-8-6-12(7-9-14)16-11-10-15-17(21)18(26-20(15)23-16)19(24)22-13-4-2-3-5-13/h6-11,13H,2-5,21H2,1H3,(H,22,24). The molecule has 5 nitrogen and oxygen atoms in total. The fourth-order valence-corrected chi connectivity index (χ4v) is 4.41. The van der Waals surface area contributed by atoms with Gasteiger partial charge in [-0.15, -0.1) is 11.3 Å².